The van der Waals surface area contributed by atoms with Gasteiger partial charge in [-0.1, -0.05) is 6.07 Å². The van der Waals surface area contributed by atoms with Gasteiger partial charge in [-0.15, -0.1) is 22.7 Å². The minimum atomic E-state index is -0.303. The van der Waals surface area contributed by atoms with Crippen LogP contribution >= 0.6 is 22.7 Å². The number of halogens is 1. The Bertz CT molecular complexity index is 858. The van der Waals surface area contributed by atoms with Gasteiger partial charge in [0, 0.05) is 22.5 Å². The first kappa shape index (κ1) is 16.4. The van der Waals surface area contributed by atoms with E-state index in [1.165, 1.54) is 32.4 Å². The summed E-state index contributed by atoms with van der Waals surface area (Å²) in [6.45, 7) is 1.34. The average molecular weight is 373 g/mol. The van der Waals surface area contributed by atoms with Crippen molar-refractivity contribution in [1.29, 1.82) is 0 Å². The van der Waals surface area contributed by atoms with Crippen LogP contribution in [0.2, 0.25) is 0 Å². The van der Waals surface area contributed by atoms with Crippen molar-refractivity contribution in [2.45, 2.75) is 12.5 Å². The van der Waals surface area contributed by atoms with Crippen molar-refractivity contribution in [1.82, 2.24) is 0 Å². The molecule has 0 radical (unpaired) electrons. The van der Waals surface area contributed by atoms with Crippen LogP contribution in [0.3, 0.4) is 0 Å². The lowest BCUT2D eigenvalue weighted by Crippen LogP contribution is -3.14. The minimum Gasteiger partial charge on any atom is -0.321 e. The summed E-state index contributed by atoms with van der Waals surface area (Å²) < 4.78 is 13.0. The maximum absolute atomic E-state index is 13.0. The lowest BCUT2D eigenvalue weighted by molar-refractivity contribution is -0.919. The molecule has 2 aromatic heterocycles. The van der Waals surface area contributed by atoms with Crippen LogP contribution < -0.4 is 10.2 Å². The van der Waals surface area contributed by atoms with Gasteiger partial charge in [-0.05, 0) is 47.2 Å². The summed E-state index contributed by atoms with van der Waals surface area (Å²) in [6, 6.07) is 12.5. The second-order valence-corrected chi connectivity index (χ2v) is 8.12. The number of hydrogen-bond donors (Lipinski definition) is 2. The van der Waals surface area contributed by atoms with Gasteiger partial charge in [0.15, 0.2) is 6.54 Å². The third kappa shape index (κ3) is 3.51. The summed E-state index contributed by atoms with van der Waals surface area (Å²) in [5, 5.41) is 7.11. The molecule has 6 heteroatoms. The largest absolute Gasteiger partial charge is 0.321 e. The first-order valence-electron chi connectivity index (χ1n) is 8.20. The number of thiophene rings is 2. The number of hydrogen-bond acceptors (Lipinski definition) is 3. The van der Waals surface area contributed by atoms with Crippen LogP contribution in [0.1, 0.15) is 21.4 Å². The Morgan fingerprint density at radius 1 is 1.16 bits per heavy atom. The van der Waals surface area contributed by atoms with Crippen molar-refractivity contribution in [3.8, 4) is 0 Å². The maximum Gasteiger partial charge on any atom is 0.279 e. The van der Waals surface area contributed by atoms with Crippen molar-refractivity contribution in [3.05, 3.63) is 74.4 Å². The number of fused-ring (bicyclic) bond motifs is 1. The Morgan fingerprint density at radius 2 is 2.00 bits per heavy atom. The van der Waals surface area contributed by atoms with Crippen LogP contribution in [0.25, 0.3) is 0 Å². The third-order valence-corrected chi connectivity index (χ3v) is 6.45. The predicted octanol–water partition coefficient (Wildman–Crippen LogP) is 3.12. The Kier molecular flexibility index (Phi) is 4.65. The molecular weight excluding hydrogens is 355 g/mol. The molecule has 1 amide bonds. The Balaban J connectivity index is 1.52. The summed E-state index contributed by atoms with van der Waals surface area (Å²) >= 11 is 3.55. The first-order chi connectivity index (χ1) is 12.2. The SMILES string of the molecule is O=C(C[NH+]1CCc2sccc2[C@@H]1c1cccs1)Nc1ccc(F)cc1. The van der Waals surface area contributed by atoms with Gasteiger partial charge in [0.2, 0.25) is 0 Å². The van der Waals surface area contributed by atoms with Gasteiger partial charge in [0.05, 0.1) is 11.4 Å². The van der Waals surface area contributed by atoms with Crippen molar-refractivity contribution >= 4 is 34.3 Å². The number of amides is 1. The van der Waals surface area contributed by atoms with Crippen LogP contribution in [0.15, 0.2) is 53.2 Å². The molecule has 0 spiro atoms. The molecule has 25 heavy (non-hydrogen) atoms. The fraction of sp³-hybridized carbons (Fsp3) is 0.211. The lowest BCUT2D eigenvalue weighted by atomic mass is 9.98. The number of quaternary nitrogens is 1. The Labute approximate surface area is 153 Å². The summed E-state index contributed by atoms with van der Waals surface area (Å²) in [4.78, 5) is 16.5. The third-order valence-electron chi connectivity index (χ3n) is 4.52. The molecule has 0 bridgehead atoms. The van der Waals surface area contributed by atoms with Crippen LogP contribution in [0.4, 0.5) is 10.1 Å². The molecule has 3 aromatic rings. The highest BCUT2D eigenvalue weighted by Crippen LogP contribution is 2.31. The van der Waals surface area contributed by atoms with Crippen molar-refractivity contribution in [2.24, 2.45) is 0 Å². The molecule has 0 aliphatic carbocycles. The summed E-state index contributed by atoms with van der Waals surface area (Å²) in [7, 11) is 0. The molecule has 0 fully saturated rings. The zero-order valence-electron chi connectivity index (χ0n) is 13.5. The molecule has 2 atom stereocenters. The average Bonchev–Trinajstić information content (AvgIpc) is 3.28. The monoisotopic (exact) mass is 373 g/mol. The number of rotatable bonds is 4. The van der Waals surface area contributed by atoms with E-state index in [1.54, 1.807) is 34.8 Å². The number of anilines is 1. The van der Waals surface area contributed by atoms with Gasteiger partial charge in [-0.3, -0.25) is 4.79 Å². The van der Waals surface area contributed by atoms with Gasteiger partial charge in [0.1, 0.15) is 11.9 Å². The normalized spacial score (nSPS) is 19.4. The first-order valence-corrected chi connectivity index (χ1v) is 9.96. The molecule has 3 nitrogen and oxygen atoms in total. The summed E-state index contributed by atoms with van der Waals surface area (Å²) in [5.74, 6) is -0.343. The standard InChI is InChI=1S/C19H17FN2OS2/c20-13-3-5-14(6-4-13)21-18(23)12-22-9-7-16-15(8-11-25-16)19(22)17-2-1-10-24-17/h1-6,8,10-11,19H,7,9,12H2,(H,21,23)/p+1/t19-/m1/s1. The van der Waals surface area contributed by atoms with Crippen molar-refractivity contribution in [2.75, 3.05) is 18.4 Å². The highest BCUT2D eigenvalue weighted by molar-refractivity contribution is 7.10. The zero-order valence-corrected chi connectivity index (χ0v) is 15.1. The van der Waals surface area contributed by atoms with E-state index < -0.39 is 0 Å². The molecule has 0 saturated carbocycles. The quantitative estimate of drug-likeness (QED) is 0.724. The molecule has 4 rings (SSSR count). The second kappa shape index (κ2) is 7.07. The minimum absolute atomic E-state index is 0.0400. The van der Waals surface area contributed by atoms with E-state index in [4.69, 9.17) is 0 Å². The fourth-order valence-corrected chi connectivity index (χ4v) is 5.22. The summed E-state index contributed by atoms with van der Waals surface area (Å²) in [6.07, 6.45) is 1.01. The highest BCUT2D eigenvalue weighted by atomic mass is 32.1. The fourth-order valence-electron chi connectivity index (χ4n) is 3.39. The van der Waals surface area contributed by atoms with Gasteiger partial charge in [0.25, 0.3) is 5.91 Å². The predicted molar refractivity (Wildman–Crippen MR) is 99.9 cm³/mol. The number of nitrogens with one attached hydrogen (secondary N) is 2. The summed E-state index contributed by atoms with van der Waals surface area (Å²) in [5.41, 5.74) is 1.98. The van der Waals surface area contributed by atoms with Crippen molar-refractivity contribution in [3.63, 3.8) is 0 Å². The molecule has 3 heterocycles. The molecular formula is C19H18FN2OS2+. The van der Waals surface area contributed by atoms with Crippen LogP contribution in [-0.4, -0.2) is 19.0 Å². The second-order valence-electron chi connectivity index (χ2n) is 6.14. The van der Waals surface area contributed by atoms with Crippen molar-refractivity contribution < 1.29 is 14.1 Å². The Morgan fingerprint density at radius 3 is 2.76 bits per heavy atom. The van der Waals surface area contributed by atoms with E-state index in [0.717, 1.165) is 13.0 Å². The maximum atomic E-state index is 13.0. The molecule has 1 aliphatic heterocycles. The van der Waals surface area contributed by atoms with E-state index in [-0.39, 0.29) is 17.8 Å². The van der Waals surface area contributed by atoms with Crippen LogP contribution in [-0.2, 0) is 11.2 Å². The highest BCUT2D eigenvalue weighted by Gasteiger charge is 2.35. The van der Waals surface area contributed by atoms with Gasteiger partial charge in [-0.2, -0.15) is 0 Å². The molecule has 1 aliphatic rings. The van der Waals surface area contributed by atoms with E-state index in [9.17, 15) is 9.18 Å². The van der Waals surface area contributed by atoms with Gasteiger partial charge < -0.3 is 10.2 Å². The lowest BCUT2D eigenvalue weighted by Gasteiger charge is -2.31. The number of benzene rings is 1. The molecule has 1 aromatic carbocycles. The number of carbonyl (C=O) groups is 1. The molecule has 128 valence electrons. The van der Waals surface area contributed by atoms with E-state index in [2.05, 4.69) is 34.3 Å². The van der Waals surface area contributed by atoms with E-state index >= 15 is 0 Å². The van der Waals surface area contributed by atoms with Gasteiger partial charge >= 0.3 is 0 Å². The Hall–Kier alpha value is -2.02. The molecule has 0 saturated heterocycles. The smallest absolute Gasteiger partial charge is 0.279 e. The van der Waals surface area contributed by atoms with E-state index in [0.29, 0.717) is 12.2 Å². The van der Waals surface area contributed by atoms with Crippen LogP contribution in [0.5, 0.6) is 0 Å². The van der Waals surface area contributed by atoms with E-state index in [1.807, 2.05) is 0 Å². The zero-order chi connectivity index (χ0) is 17.2. The topological polar surface area (TPSA) is 33.5 Å². The molecule has 1 unspecified atom stereocenters. The number of carbonyl (C=O) groups excluding carboxylic acids is 1. The molecule has 2 N–H and O–H groups in total. The van der Waals surface area contributed by atoms with Gasteiger partial charge in [-0.25, -0.2) is 4.39 Å². The van der Waals surface area contributed by atoms with Crippen LogP contribution in [0, 0.1) is 5.82 Å².